The maximum absolute atomic E-state index is 11.3. The second-order valence-corrected chi connectivity index (χ2v) is 5.56. The molecule has 5 heteroatoms. The number of carbonyl (C=O) groups excluding carboxylic acids is 1. The molecule has 0 saturated heterocycles. The number of aliphatic hydroxyl groups is 3. The summed E-state index contributed by atoms with van der Waals surface area (Å²) in [4.78, 5) is 11.3. The summed E-state index contributed by atoms with van der Waals surface area (Å²) in [6.45, 7) is 1.58. The number of esters is 1. The SMILES string of the molecule is CCCCCCCCCCCCC(=O)OC(O)C(O)CO. The van der Waals surface area contributed by atoms with Gasteiger partial charge in [-0.2, -0.15) is 0 Å². The molecule has 0 aliphatic heterocycles. The summed E-state index contributed by atoms with van der Waals surface area (Å²) >= 11 is 0. The van der Waals surface area contributed by atoms with Crippen LogP contribution in [-0.2, 0) is 9.53 Å². The maximum Gasteiger partial charge on any atom is 0.308 e. The first-order chi connectivity index (χ1) is 10.1. The topological polar surface area (TPSA) is 87.0 Å². The smallest absolute Gasteiger partial charge is 0.308 e. The highest BCUT2D eigenvalue weighted by Gasteiger charge is 2.19. The molecule has 5 nitrogen and oxygen atoms in total. The fourth-order valence-corrected chi connectivity index (χ4v) is 2.12. The molecule has 2 atom stereocenters. The van der Waals surface area contributed by atoms with Crippen molar-refractivity contribution in [2.75, 3.05) is 6.61 Å². The van der Waals surface area contributed by atoms with E-state index in [1.54, 1.807) is 0 Å². The van der Waals surface area contributed by atoms with Crippen LogP contribution in [0.2, 0.25) is 0 Å². The van der Waals surface area contributed by atoms with Crippen LogP contribution >= 0.6 is 0 Å². The third-order valence-corrected chi connectivity index (χ3v) is 3.50. The van der Waals surface area contributed by atoms with Crippen molar-refractivity contribution in [3.05, 3.63) is 0 Å². The molecular formula is C16H32O5. The zero-order valence-electron chi connectivity index (χ0n) is 13.3. The van der Waals surface area contributed by atoms with Gasteiger partial charge in [0.2, 0.25) is 6.29 Å². The van der Waals surface area contributed by atoms with Crippen LogP contribution in [0.1, 0.15) is 77.6 Å². The highest BCUT2D eigenvalue weighted by atomic mass is 16.6. The van der Waals surface area contributed by atoms with Crippen LogP contribution in [0.15, 0.2) is 0 Å². The molecular weight excluding hydrogens is 272 g/mol. The molecule has 0 amide bonds. The highest BCUT2D eigenvalue weighted by Crippen LogP contribution is 2.11. The van der Waals surface area contributed by atoms with Crippen molar-refractivity contribution in [3.8, 4) is 0 Å². The fourth-order valence-electron chi connectivity index (χ4n) is 2.12. The first kappa shape index (κ1) is 20.3. The van der Waals surface area contributed by atoms with Gasteiger partial charge in [0.15, 0.2) is 0 Å². The van der Waals surface area contributed by atoms with Crippen LogP contribution in [-0.4, -0.2) is 40.3 Å². The van der Waals surface area contributed by atoms with Crippen molar-refractivity contribution in [2.24, 2.45) is 0 Å². The Kier molecular flexibility index (Phi) is 13.9. The second kappa shape index (κ2) is 14.3. The van der Waals surface area contributed by atoms with Gasteiger partial charge < -0.3 is 20.1 Å². The van der Waals surface area contributed by atoms with Crippen LogP contribution in [0.25, 0.3) is 0 Å². The zero-order valence-corrected chi connectivity index (χ0v) is 13.3. The van der Waals surface area contributed by atoms with Gasteiger partial charge in [-0.1, -0.05) is 64.7 Å². The molecule has 126 valence electrons. The lowest BCUT2D eigenvalue weighted by Gasteiger charge is -2.15. The predicted octanol–water partition coefficient (Wildman–Crippen LogP) is 2.51. The predicted molar refractivity (Wildman–Crippen MR) is 81.7 cm³/mol. The van der Waals surface area contributed by atoms with E-state index in [4.69, 9.17) is 10.2 Å². The summed E-state index contributed by atoms with van der Waals surface area (Å²) < 4.78 is 4.59. The minimum absolute atomic E-state index is 0.242. The monoisotopic (exact) mass is 304 g/mol. The van der Waals surface area contributed by atoms with Crippen molar-refractivity contribution in [1.29, 1.82) is 0 Å². The van der Waals surface area contributed by atoms with Crippen LogP contribution < -0.4 is 0 Å². The lowest BCUT2D eigenvalue weighted by atomic mass is 10.1. The normalized spacial score (nSPS) is 13.9. The van der Waals surface area contributed by atoms with Gasteiger partial charge in [-0.25, -0.2) is 0 Å². The van der Waals surface area contributed by atoms with Gasteiger partial charge in [-0.15, -0.1) is 0 Å². The van der Waals surface area contributed by atoms with Gasteiger partial charge in [0, 0.05) is 6.42 Å². The Bertz CT molecular complexity index is 245. The number of unbranched alkanes of at least 4 members (excludes halogenated alkanes) is 9. The van der Waals surface area contributed by atoms with E-state index in [9.17, 15) is 9.90 Å². The Labute approximate surface area is 128 Å². The summed E-state index contributed by atoms with van der Waals surface area (Å²) in [7, 11) is 0. The molecule has 0 radical (unpaired) electrons. The number of carbonyl (C=O) groups is 1. The zero-order chi connectivity index (χ0) is 15.9. The van der Waals surface area contributed by atoms with Gasteiger partial charge in [-0.3, -0.25) is 4.79 Å². The van der Waals surface area contributed by atoms with Gasteiger partial charge in [0.25, 0.3) is 0 Å². The second-order valence-electron chi connectivity index (χ2n) is 5.56. The van der Waals surface area contributed by atoms with E-state index in [2.05, 4.69) is 11.7 Å². The molecule has 0 aromatic heterocycles. The van der Waals surface area contributed by atoms with E-state index in [0.29, 0.717) is 0 Å². The van der Waals surface area contributed by atoms with Crippen LogP contribution in [0.4, 0.5) is 0 Å². The molecule has 0 aliphatic carbocycles. The molecule has 0 aliphatic rings. The number of hydrogen-bond acceptors (Lipinski definition) is 5. The van der Waals surface area contributed by atoms with Crippen molar-refractivity contribution in [2.45, 2.75) is 89.9 Å². The lowest BCUT2D eigenvalue weighted by molar-refractivity contribution is -0.190. The molecule has 21 heavy (non-hydrogen) atoms. The lowest BCUT2D eigenvalue weighted by Crippen LogP contribution is -2.33. The summed E-state index contributed by atoms with van der Waals surface area (Å²) in [6.07, 6.45) is 9.03. The van der Waals surface area contributed by atoms with Gasteiger partial charge in [0.05, 0.1) is 6.61 Å². The molecule has 0 aromatic rings. The first-order valence-electron chi connectivity index (χ1n) is 8.28. The fraction of sp³-hybridized carbons (Fsp3) is 0.938. The largest absolute Gasteiger partial charge is 0.433 e. The standard InChI is InChI=1S/C16H32O5/c1-2-3-4-5-6-7-8-9-10-11-12-15(19)21-16(20)14(18)13-17/h14,16-18,20H,2-13H2,1H3. The molecule has 0 saturated carbocycles. The van der Waals surface area contributed by atoms with Crippen molar-refractivity contribution in [3.63, 3.8) is 0 Å². The quantitative estimate of drug-likeness (QED) is 0.261. The summed E-state index contributed by atoms with van der Waals surface area (Å²) in [5, 5.41) is 26.8. The van der Waals surface area contributed by atoms with Crippen molar-refractivity contribution < 1.29 is 24.9 Å². The van der Waals surface area contributed by atoms with Gasteiger partial charge >= 0.3 is 5.97 Å². The minimum atomic E-state index is -1.63. The van der Waals surface area contributed by atoms with E-state index in [1.807, 2.05) is 0 Å². The summed E-state index contributed by atoms with van der Waals surface area (Å²) in [6, 6.07) is 0. The summed E-state index contributed by atoms with van der Waals surface area (Å²) in [5.41, 5.74) is 0. The third kappa shape index (κ3) is 12.8. The van der Waals surface area contributed by atoms with E-state index < -0.39 is 25.0 Å². The molecule has 0 fully saturated rings. The Morgan fingerprint density at radius 2 is 1.38 bits per heavy atom. The van der Waals surface area contributed by atoms with E-state index >= 15 is 0 Å². The first-order valence-corrected chi connectivity index (χ1v) is 8.28. The summed E-state index contributed by atoms with van der Waals surface area (Å²) in [5.74, 6) is -0.533. The Morgan fingerprint density at radius 3 is 1.86 bits per heavy atom. The van der Waals surface area contributed by atoms with Crippen LogP contribution in [0.3, 0.4) is 0 Å². The third-order valence-electron chi connectivity index (χ3n) is 3.50. The van der Waals surface area contributed by atoms with E-state index in [-0.39, 0.29) is 6.42 Å². The number of ether oxygens (including phenoxy) is 1. The van der Waals surface area contributed by atoms with Crippen molar-refractivity contribution in [1.82, 2.24) is 0 Å². The highest BCUT2D eigenvalue weighted by molar-refractivity contribution is 5.69. The number of hydrogen-bond donors (Lipinski definition) is 3. The van der Waals surface area contributed by atoms with Gasteiger partial charge in [0.1, 0.15) is 6.10 Å². The van der Waals surface area contributed by atoms with Crippen molar-refractivity contribution >= 4 is 5.97 Å². The average Bonchev–Trinajstić information content (AvgIpc) is 2.48. The molecule has 0 bridgehead atoms. The Hall–Kier alpha value is -0.650. The average molecular weight is 304 g/mol. The molecule has 0 rings (SSSR count). The number of aliphatic hydroxyl groups excluding tert-OH is 3. The maximum atomic E-state index is 11.3. The minimum Gasteiger partial charge on any atom is -0.433 e. The molecule has 0 heterocycles. The molecule has 2 unspecified atom stereocenters. The number of rotatable bonds is 14. The van der Waals surface area contributed by atoms with E-state index in [0.717, 1.165) is 19.3 Å². The van der Waals surface area contributed by atoms with Gasteiger partial charge in [-0.05, 0) is 6.42 Å². The van der Waals surface area contributed by atoms with E-state index in [1.165, 1.54) is 44.9 Å². The van der Waals surface area contributed by atoms with Crippen LogP contribution in [0, 0.1) is 0 Å². The Balaban J connectivity index is 3.32. The molecule has 3 N–H and O–H groups in total. The Morgan fingerprint density at radius 1 is 0.905 bits per heavy atom. The van der Waals surface area contributed by atoms with Crippen LogP contribution in [0.5, 0.6) is 0 Å². The molecule has 0 aromatic carbocycles. The molecule has 0 spiro atoms.